The van der Waals surface area contributed by atoms with Crippen molar-refractivity contribution in [3.05, 3.63) is 0 Å². The Morgan fingerprint density at radius 2 is 1.88 bits per heavy atom. The van der Waals surface area contributed by atoms with Gasteiger partial charge < -0.3 is 4.74 Å². The number of fused-ring (bicyclic) bond motifs is 2. The van der Waals surface area contributed by atoms with Crippen molar-refractivity contribution in [2.45, 2.75) is 50.1 Å². The smallest absolute Gasteiger partial charge is 0.216 e. The summed E-state index contributed by atoms with van der Waals surface area (Å²) in [5, 5.41) is 0.144. The first-order valence-corrected chi connectivity index (χ1v) is 8.32. The van der Waals surface area contributed by atoms with Gasteiger partial charge in [-0.25, -0.2) is 8.42 Å². The molecule has 0 saturated carbocycles. The van der Waals surface area contributed by atoms with E-state index in [0.717, 1.165) is 25.7 Å². The number of piperidine rings is 1. The summed E-state index contributed by atoms with van der Waals surface area (Å²) in [6.07, 6.45) is 3.52. The molecule has 2 fully saturated rings. The molecule has 4 nitrogen and oxygen atoms in total. The van der Waals surface area contributed by atoms with Crippen molar-refractivity contribution in [2.75, 3.05) is 19.0 Å². The summed E-state index contributed by atoms with van der Waals surface area (Å²) in [6, 6.07) is 0.255. The summed E-state index contributed by atoms with van der Waals surface area (Å²) in [5.74, 6) is 0.0980. The molecule has 2 saturated heterocycles. The van der Waals surface area contributed by atoms with Gasteiger partial charge in [0.1, 0.15) is 0 Å². The minimum absolute atomic E-state index is 0.0980. The minimum Gasteiger partial charge on any atom is -0.381 e. The molecule has 0 radical (unpaired) electrons. The second kappa shape index (κ2) is 5.43. The van der Waals surface area contributed by atoms with E-state index in [2.05, 4.69) is 0 Å². The highest BCUT2D eigenvalue weighted by atomic mass is 35.5. The van der Waals surface area contributed by atoms with Crippen LogP contribution >= 0.6 is 11.6 Å². The number of alkyl halides is 1. The van der Waals surface area contributed by atoms with Gasteiger partial charge in [-0.05, 0) is 32.6 Å². The fraction of sp³-hybridized carbons (Fsp3) is 1.00. The summed E-state index contributed by atoms with van der Waals surface area (Å²) in [6.45, 7) is 2.72. The SMILES string of the molecule is CCOCCS(=O)(=O)N1C2CCC1CC(Cl)C2. The van der Waals surface area contributed by atoms with Gasteiger partial charge >= 0.3 is 0 Å². The Bertz CT molecular complexity index is 346. The molecule has 100 valence electrons. The molecule has 2 aliphatic heterocycles. The Labute approximate surface area is 108 Å². The molecule has 2 heterocycles. The zero-order valence-electron chi connectivity index (χ0n) is 10.1. The number of ether oxygens (including phenoxy) is 1. The zero-order valence-corrected chi connectivity index (χ0v) is 11.7. The van der Waals surface area contributed by atoms with Crippen LogP contribution in [0.2, 0.25) is 0 Å². The van der Waals surface area contributed by atoms with E-state index in [1.165, 1.54) is 0 Å². The Kier molecular flexibility index (Phi) is 4.34. The van der Waals surface area contributed by atoms with E-state index in [1.54, 1.807) is 4.31 Å². The maximum atomic E-state index is 12.2. The molecule has 17 heavy (non-hydrogen) atoms. The number of halogens is 1. The lowest BCUT2D eigenvalue weighted by Crippen LogP contribution is -2.48. The Morgan fingerprint density at radius 1 is 1.29 bits per heavy atom. The van der Waals surface area contributed by atoms with Crippen LogP contribution in [-0.4, -0.2) is 49.2 Å². The summed E-state index contributed by atoms with van der Waals surface area (Å²) >= 11 is 6.14. The molecule has 0 spiro atoms. The molecular weight excluding hydrogens is 262 g/mol. The third kappa shape index (κ3) is 2.95. The normalized spacial score (nSPS) is 34.1. The molecular formula is C11H20ClNO3S. The highest BCUT2D eigenvalue weighted by Gasteiger charge is 2.45. The second-order valence-corrected chi connectivity index (χ2v) is 7.41. The van der Waals surface area contributed by atoms with Crippen LogP contribution in [0.3, 0.4) is 0 Å². The van der Waals surface area contributed by atoms with Crippen LogP contribution < -0.4 is 0 Å². The average molecular weight is 282 g/mol. The van der Waals surface area contributed by atoms with Gasteiger partial charge in [0.15, 0.2) is 0 Å². The first-order valence-electron chi connectivity index (χ1n) is 6.27. The van der Waals surface area contributed by atoms with E-state index in [0.29, 0.717) is 13.2 Å². The summed E-state index contributed by atoms with van der Waals surface area (Å²) in [7, 11) is -3.17. The van der Waals surface area contributed by atoms with Crippen molar-refractivity contribution >= 4 is 21.6 Å². The largest absolute Gasteiger partial charge is 0.381 e. The molecule has 0 aromatic carbocycles. The van der Waals surface area contributed by atoms with E-state index < -0.39 is 10.0 Å². The summed E-state index contributed by atoms with van der Waals surface area (Å²) in [4.78, 5) is 0. The molecule has 0 aromatic heterocycles. The summed E-state index contributed by atoms with van der Waals surface area (Å²) < 4.78 is 31.3. The van der Waals surface area contributed by atoms with Gasteiger partial charge in [-0.15, -0.1) is 11.6 Å². The van der Waals surface area contributed by atoms with Gasteiger partial charge in [-0.1, -0.05) is 0 Å². The van der Waals surface area contributed by atoms with Crippen molar-refractivity contribution in [1.82, 2.24) is 4.31 Å². The van der Waals surface area contributed by atoms with Gasteiger partial charge in [0.05, 0.1) is 12.4 Å². The number of rotatable bonds is 5. The maximum Gasteiger partial charge on any atom is 0.216 e. The highest BCUT2D eigenvalue weighted by Crippen LogP contribution is 2.39. The molecule has 0 amide bonds. The van der Waals surface area contributed by atoms with Gasteiger partial charge in [0.25, 0.3) is 0 Å². The number of hydrogen-bond donors (Lipinski definition) is 0. The molecule has 2 bridgehead atoms. The van der Waals surface area contributed by atoms with Gasteiger partial charge in [0.2, 0.25) is 10.0 Å². The fourth-order valence-electron chi connectivity index (χ4n) is 2.94. The predicted octanol–water partition coefficient (Wildman–Crippen LogP) is 1.59. The van der Waals surface area contributed by atoms with Crippen LogP contribution in [0.4, 0.5) is 0 Å². The van der Waals surface area contributed by atoms with Crippen molar-refractivity contribution < 1.29 is 13.2 Å². The summed E-state index contributed by atoms with van der Waals surface area (Å²) in [5.41, 5.74) is 0. The first-order chi connectivity index (χ1) is 8.04. The number of nitrogens with zero attached hydrogens (tertiary/aromatic N) is 1. The van der Waals surface area contributed by atoms with Gasteiger partial charge in [0, 0.05) is 24.1 Å². The lowest BCUT2D eigenvalue weighted by atomic mass is 10.1. The second-order valence-electron chi connectivity index (χ2n) is 4.80. The van der Waals surface area contributed by atoms with Crippen molar-refractivity contribution in [2.24, 2.45) is 0 Å². The standard InChI is InChI=1S/C11H20ClNO3S/c1-2-16-5-6-17(14,15)13-10-3-4-11(13)8-9(12)7-10/h9-11H,2-8H2,1H3. The van der Waals surface area contributed by atoms with Crippen LogP contribution in [-0.2, 0) is 14.8 Å². The Morgan fingerprint density at radius 3 is 2.41 bits per heavy atom. The van der Waals surface area contributed by atoms with Crippen molar-refractivity contribution in [3.63, 3.8) is 0 Å². The third-order valence-electron chi connectivity index (χ3n) is 3.62. The molecule has 0 aliphatic carbocycles. The topological polar surface area (TPSA) is 46.6 Å². The molecule has 0 aromatic rings. The highest BCUT2D eigenvalue weighted by molar-refractivity contribution is 7.89. The van der Waals surface area contributed by atoms with E-state index >= 15 is 0 Å². The third-order valence-corrected chi connectivity index (χ3v) is 5.90. The zero-order chi connectivity index (χ0) is 12.5. The number of sulfonamides is 1. The van der Waals surface area contributed by atoms with E-state index in [1.807, 2.05) is 6.92 Å². The lowest BCUT2D eigenvalue weighted by Gasteiger charge is -2.35. The molecule has 2 rings (SSSR count). The average Bonchev–Trinajstić information content (AvgIpc) is 2.53. The lowest BCUT2D eigenvalue weighted by molar-refractivity contribution is 0.161. The molecule has 6 heteroatoms. The Balaban J connectivity index is 2.02. The molecule has 2 unspecified atom stereocenters. The molecule has 2 aliphatic rings. The quantitative estimate of drug-likeness (QED) is 0.568. The first kappa shape index (κ1) is 13.6. The van der Waals surface area contributed by atoms with Crippen LogP contribution in [0, 0.1) is 0 Å². The monoisotopic (exact) mass is 281 g/mol. The molecule has 0 N–H and O–H groups in total. The Hall–Kier alpha value is 0.160. The van der Waals surface area contributed by atoms with Crippen LogP contribution in [0.25, 0.3) is 0 Å². The van der Waals surface area contributed by atoms with Crippen molar-refractivity contribution in [3.8, 4) is 0 Å². The van der Waals surface area contributed by atoms with Crippen molar-refractivity contribution in [1.29, 1.82) is 0 Å². The number of hydrogen-bond acceptors (Lipinski definition) is 3. The minimum atomic E-state index is -3.17. The molecule has 2 atom stereocenters. The predicted molar refractivity (Wildman–Crippen MR) is 67.8 cm³/mol. The van der Waals surface area contributed by atoms with Crippen LogP contribution in [0.1, 0.15) is 32.6 Å². The van der Waals surface area contributed by atoms with Crippen LogP contribution in [0.5, 0.6) is 0 Å². The van der Waals surface area contributed by atoms with E-state index in [9.17, 15) is 8.42 Å². The van der Waals surface area contributed by atoms with E-state index in [-0.39, 0.29) is 23.2 Å². The van der Waals surface area contributed by atoms with Gasteiger partial charge in [-0.3, -0.25) is 0 Å². The van der Waals surface area contributed by atoms with E-state index in [4.69, 9.17) is 16.3 Å². The maximum absolute atomic E-state index is 12.2. The van der Waals surface area contributed by atoms with Gasteiger partial charge in [-0.2, -0.15) is 4.31 Å². The van der Waals surface area contributed by atoms with Crippen LogP contribution in [0.15, 0.2) is 0 Å². The fourth-order valence-corrected chi connectivity index (χ4v) is 5.18.